The fourth-order valence-electron chi connectivity index (χ4n) is 3.40. The molecule has 1 aliphatic heterocycles. The first-order chi connectivity index (χ1) is 11.1. The van der Waals surface area contributed by atoms with Crippen molar-refractivity contribution in [3.8, 4) is 6.07 Å². The molecule has 0 amide bonds. The summed E-state index contributed by atoms with van der Waals surface area (Å²) in [6.07, 6.45) is 3.94. The third-order valence-corrected chi connectivity index (χ3v) is 4.54. The molecule has 120 valence electrons. The summed E-state index contributed by atoms with van der Waals surface area (Å²) in [4.78, 5) is 6.65. The van der Waals surface area contributed by atoms with Gasteiger partial charge >= 0.3 is 0 Å². The van der Waals surface area contributed by atoms with Crippen molar-refractivity contribution in [1.29, 1.82) is 5.26 Å². The highest BCUT2D eigenvalue weighted by Crippen LogP contribution is 2.29. The Kier molecular flexibility index (Phi) is 4.44. The van der Waals surface area contributed by atoms with Gasteiger partial charge in [0.15, 0.2) is 0 Å². The number of rotatable bonds is 3. The van der Waals surface area contributed by atoms with Gasteiger partial charge in [0.2, 0.25) is 0 Å². The summed E-state index contributed by atoms with van der Waals surface area (Å²) < 4.78 is 13.8. The van der Waals surface area contributed by atoms with Crippen molar-refractivity contribution in [3.63, 3.8) is 0 Å². The Morgan fingerprint density at radius 1 is 1.48 bits per heavy atom. The molecule has 3 rings (SSSR count). The molecule has 0 spiro atoms. The average Bonchev–Trinajstić information content (AvgIpc) is 2.52. The predicted octanol–water partition coefficient (Wildman–Crippen LogP) is 3.31. The topological polar surface area (TPSA) is 52.0 Å². The molecule has 23 heavy (non-hydrogen) atoms. The summed E-state index contributed by atoms with van der Waals surface area (Å²) in [7, 11) is 2.13. The number of anilines is 1. The molecule has 1 unspecified atom stereocenters. The highest BCUT2D eigenvalue weighted by Gasteiger charge is 2.18. The first-order valence-corrected chi connectivity index (χ1v) is 8.00. The van der Waals surface area contributed by atoms with Gasteiger partial charge in [-0.1, -0.05) is 0 Å². The Morgan fingerprint density at radius 2 is 2.30 bits per heavy atom. The number of nitrogens with one attached hydrogen (secondary N) is 1. The van der Waals surface area contributed by atoms with Crippen LogP contribution in [-0.4, -0.2) is 36.6 Å². The largest absolute Gasteiger partial charge is 0.383 e. The molecule has 2 heterocycles. The maximum atomic E-state index is 13.8. The smallest absolute Gasteiger partial charge is 0.124 e. The van der Waals surface area contributed by atoms with E-state index < -0.39 is 0 Å². The Hall–Kier alpha value is -2.19. The molecule has 1 N–H and O–H groups in total. The van der Waals surface area contributed by atoms with Gasteiger partial charge in [-0.05, 0) is 57.0 Å². The minimum atomic E-state index is -0.299. The van der Waals surface area contributed by atoms with E-state index in [4.69, 9.17) is 0 Å². The van der Waals surface area contributed by atoms with E-state index >= 15 is 0 Å². The van der Waals surface area contributed by atoms with E-state index in [-0.39, 0.29) is 5.82 Å². The zero-order valence-electron chi connectivity index (χ0n) is 13.6. The van der Waals surface area contributed by atoms with Gasteiger partial charge in [-0.25, -0.2) is 4.39 Å². The molecule has 0 aliphatic carbocycles. The lowest BCUT2D eigenvalue weighted by Crippen LogP contribution is -2.35. The number of aryl methyl sites for hydroxylation is 1. The summed E-state index contributed by atoms with van der Waals surface area (Å²) >= 11 is 0. The summed E-state index contributed by atoms with van der Waals surface area (Å²) in [6, 6.07) is 5.10. The first-order valence-electron chi connectivity index (χ1n) is 8.00. The minimum Gasteiger partial charge on any atom is -0.383 e. The highest BCUT2D eigenvalue weighted by atomic mass is 19.1. The molecule has 4 nitrogen and oxygen atoms in total. The van der Waals surface area contributed by atoms with Crippen LogP contribution in [0, 0.1) is 30.0 Å². The van der Waals surface area contributed by atoms with E-state index in [1.54, 1.807) is 6.20 Å². The quantitative estimate of drug-likeness (QED) is 0.945. The van der Waals surface area contributed by atoms with Gasteiger partial charge < -0.3 is 10.2 Å². The van der Waals surface area contributed by atoms with Gasteiger partial charge in [0.25, 0.3) is 0 Å². The van der Waals surface area contributed by atoms with Crippen LogP contribution < -0.4 is 5.32 Å². The Balaban J connectivity index is 1.93. The molecule has 1 aliphatic rings. The van der Waals surface area contributed by atoms with Crippen molar-refractivity contribution in [3.05, 3.63) is 35.3 Å². The Labute approximate surface area is 135 Å². The SMILES string of the molecule is Cc1cc(F)cc2c(NCC3CCCN(C)C3)c(C#N)cnc12. The summed E-state index contributed by atoms with van der Waals surface area (Å²) in [6.45, 7) is 4.81. The lowest BCUT2D eigenvalue weighted by atomic mass is 9.98. The second-order valence-corrected chi connectivity index (χ2v) is 6.43. The monoisotopic (exact) mass is 312 g/mol. The van der Waals surface area contributed by atoms with Gasteiger partial charge in [0.05, 0.1) is 16.8 Å². The van der Waals surface area contributed by atoms with E-state index in [9.17, 15) is 9.65 Å². The number of hydrogen-bond donors (Lipinski definition) is 1. The number of nitrogens with zero attached hydrogens (tertiary/aromatic N) is 3. The predicted molar refractivity (Wildman–Crippen MR) is 89.9 cm³/mol. The zero-order valence-corrected chi connectivity index (χ0v) is 13.6. The van der Waals surface area contributed by atoms with Crippen molar-refractivity contribution in [2.75, 3.05) is 32.0 Å². The number of nitriles is 1. The molecule has 0 saturated carbocycles. The van der Waals surface area contributed by atoms with Gasteiger partial charge in [0.1, 0.15) is 11.9 Å². The molecule has 1 atom stereocenters. The van der Waals surface area contributed by atoms with Gasteiger partial charge in [-0.2, -0.15) is 5.26 Å². The van der Waals surface area contributed by atoms with E-state index in [2.05, 4.69) is 28.3 Å². The maximum Gasteiger partial charge on any atom is 0.124 e. The average molecular weight is 312 g/mol. The molecular weight excluding hydrogens is 291 g/mol. The van der Waals surface area contributed by atoms with Crippen molar-refractivity contribution in [2.24, 2.45) is 5.92 Å². The van der Waals surface area contributed by atoms with Crippen LogP contribution in [0.2, 0.25) is 0 Å². The molecule has 1 aromatic heterocycles. The number of pyridine rings is 1. The van der Waals surface area contributed by atoms with Crippen LogP contribution >= 0.6 is 0 Å². The molecular formula is C18H21FN4. The van der Waals surface area contributed by atoms with Crippen molar-refractivity contribution in [2.45, 2.75) is 19.8 Å². The third-order valence-electron chi connectivity index (χ3n) is 4.54. The fourth-order valence-corrected chi connectivity index (χ4v) is 3.40. The zero-order chi connectivity index (χ0) is 16.4. The highest BCUT2D eigenvalue weighted by molar-refractivity contribution is 5.95. The molecule has 1 saturated heterocycles. The second-order valence-electron chi connectivity index (χ2n) is 6.43. The van der Waals surface area contributed by atoms with E-state index in [1.807, 2.05) is 6.92 Å². The van der Waals surface area contributed by atoms with Crippen LogP contribution in [0.1, 0.15) is 24.0 Å². The lowest BCUT2D eigenvalue weighted by Gasteiger charge is -2.30. The molecule has 2 aromatic rings. The number of aromatic nitrogens is 1. The van der Waals surface area contributed by atoms with Crippen molar-refractivity contribution >= 4 is 16.6 Å². The van der Waals surface area contributed by atoms with E-state index in [0.29, 0.717) is 22.6 Å². The van der Waals surface area contributed by atoms with Crippen LogP contribution in [0.5, 0.6) is 0 Å². The molecule has 0 radical (unpaired) electrons. The van der Waals surface area contributed by atoms with Crippen molar-refractivity contribution < 1.29 is 4.39 Å². The number of hydrogen-bond acceptors (Lipinski definition) is 4. The van der Waals surface area contributed by atoms with Gasteiger partial charge in [0, 0.05) is 24.7 Å². The normalized spacial score (nSPS) is 18.8. The maximum absolute atomic E-state index is 13.8. The fraction of sp³-hybridized carbons (Fsp3) is 0.444. The van der Waals surface area contributed by atoms with Crippen LogP contribution in [0.3, 0.4) is 0 Å². The summed E-state index contributed by atoms with van der Waals surface area (Å²) in [5.74, 6) is 0.241. The summed E-state index contributed by atoms with van der Waals surface area (Å²) in [5, 5.41) is 13.4. The van der Waals surface area contributed by atoms with Crippen LogP contribution in [0.25, 0.3) is 10.9 Å². The second kappa shape index (κ2) is 6.51. The number of halogens is 1. The molecule has 1 fully saturated rings. The molecule has 5 heteroatoms. The van der Waals surface area contributed by atoms with E-state index in [1.165, 1.54) is 25.0 Å². The number of likely N-dealkylation sites (tertiary alicyclic amines) is 1. The van der Waals surface area contributed by atoms with Crippen LogP contribution in [-0.2, 0) is 0 Å². The van der Waals surface area contributed by atoms with Gasteiger partial charge in [-0.15, -0.1) is 0 Å². The minimum absolute atomic E-state index is 0.299. The summed E-state index contributed by atoms with van der Waals surface area (Å²) in [5.41, 5.74) is 2.69. The standard InChI is InChI=1S/C18H21FN4/c1-12-6-15(19)7-16-17(12)22-10-14(8-20)18(16)21-9-13-4-3-5-23(2)11-13/h6-7,10,13H,3-5,9,11H2,1-2H3,(H,21,22). The lowest BCUT2D eigenvalue weighted by molar-refractivity contribution is 0.217. The first kappa shape index (κ1) is 15.7. The van der Waals surface area contributed by atoms with E-state index in [0.717, 1.165) is 30.7 Å². The third kappa shape index (κ3) is 3.27. The van der Waals surface area contributed by atoms with Crippen molar-refractivity contribution in [1.82, 2.24) is 9.88 Å². The van der Waals surface area contributed by atoms with Gasteiger partial charge in [-0.3, -0.25) is 4.98 Å². The number of benzene rings is 1. The molecule has 0 bridgehead atoms. The number of piperidine rings is 1. The number of fused-ring (bicyclic) bond motifs is 1. The van der Waals surface area contributed by atoms with Crippen LogP contribution in [0.15, 0.2) is 18.3 Å². The van der Waals surface area contributed by atoms with Crippen LogP contribution in [0.4, 0.5) is 10.1 Å². The Bertz CT molecular complexity index is 766. The Morgan fingerprint density at radius 3 is 3.04 bits per heavy atom. The molecule has 1 aromatic carbocycles.